The number of amides is 2. The lowest BCUT2D eigenvalue weighted by atomic mass is 10.0. The smallest absolute Gasteiger partial charge is 0.254 e. The van der Waals surface area contributed by atoms with Gasteiger partial charge in [0.1, 0.15) is 6.10 Å². The Morgan fingerprint density at radius 3 is 2.26 bits per heavy atom. The van der Waals surface area contributed by atoms with Crippen LogP contribution in [0.15, 0.2) is 42.5 Å². The van der Waals surface area contributed by atoms with Crippen molar-refractivity contribution in [3.63, 3.8) is 0 Å². The number of aliphatic hydroxyl groups is 1. The van der Waals surface area contributed by atoms with Gasteiger partial charge in [-0.15, -0.1) is 0 Å². The molecule has 0 radical (unpaired) electrons. The Bertz CT molecular complexity index is 729. The largest absolute Gasteiger partial charge is 0.384 e. The maximum atomic E-state index is 12.8. The van der Waals surface area contributed by atoms with Gasteiger partial charge in [-0.2, -0.15) is 0 Å². The molecule has 1 heterocycles. The molecule has 0 spiro atoms. The standard InChI is InChI=1S/C18H20N2O3/c1-13(21)17(22)19-9-11-20(12-10-19)18(23)16-8-4-6-14-5-2-3-7-15(14)16/h2-8,13,21H,9-12H2,1H3. The van der Waals surface area contributed by atoms with E-state index in [1.54, 1.807) is 9.80 Å². The molecule has 5 nitrogen and oxygen atoms in total. The van der Waals surface area contributed by atoms with Crippen molar-refractivity contribution in [2.75, 3.05) is 26.2 Å². The van der Waals surface area contributed by atoms with Gasteiger partial charge in [0.15, 0.2) is 0 Å². The number of carbonyl (C=O) groups excluding carboxylic acids is 2. The zero-order valence-corrected chi connectivity index (χ0v) is 13.1. The van der Waals surface area contributed by atoms with Crippen LogP contribution in [0.25, 0.3) is 10.8 Å². The summed E-state index contributed by atoms with van der Waals surface area (Å²) in [6.07, 6.45) is -0.990. The van der Waals surface area contributed by atoms with E-state index in [1.807, 2.05) is 42.5 Å². The van der Waals surface area contributed by atoms with Crippen LogP contribution in [-0.2, 0) is 4.79 Å². The molecule has 1 N–H and O–H groups in total. The van der Waals surface area contributed by atoms with Gasteiger partial charge in [-0.3, -0.25) is 9.59 Å². The number of carbonyl (C=O) groups is 2. The highest BCUT2D eigenvalue weighted by atomic mass is 16.3. The van der Waals surface area contributed by atoms with Crippen molar-refractivity contribution in [1.29, 1.82) is 0 Å². The van der Waals surface area contributed by atoms with E-state index in [4.69, 9.17) is 0 Å². The molecule has 0 aliphatic carbocycles. The van der Waals surface area contributed by atoms with E-state index < -0.39 is 6.10 Å². The van der Waals surface area contributed by atoms with Gasteiger partial charge in [-0.25, -0.2) is 0 Å². The molecule has 0 aromatic heterocycles. The lowest BCUT2D eigenvalue weighted by molar-refractivity contribution is -0.140. The van der Waals surface area contributed by atoms with Crippen LogP contribution in [0.3, 0.4) is 0 Å². The Morgan fingerprint density at radius 2 is 1.57 bits per heavy atom. The fourth-order valence-corrected chi connectivity index (χ4v) is 2.98. The molecular formula is C18H20N2O3. The molecule has 2 aromatic rings. The zero-order chi connectivity index (χ0) is 16.4. The van der Waals surface area contributed by atoms with Crippen LogP contribution in [0.4, 0.5) is 0 Å². The first kappa shape index (κ1) is 15.5. The molecule has 2 aromatic carbocycles. The highest BCUT2D eigenvalue weighted by molar-refractivity contribution is 6.07. The highest BCUT2D eigenvalue weighted by Crippen LogP contribution is 2.20. The summed E-state index contributed by atoms with van der Waals surface area (Å²) >= 11 is 0. The molecule has 1 atom stereocenters. The van der Waals surface area contributed by atoms with Gasteiger partial charge < -0.3 is 14.9 Å². The summed E-state index contributed by atoms with van der Waals surface area (Å²) in [5, 5.41) is 11.4. The van der Waals surface area contributed by atoms with Gasteiger partial charge in [0.05, 0.1) is 0 Å². The van der Waals surface area contributed by atoms with Crippen LogP contribution in [-0.4, -0.2) is 59.0 Å². The van der Waals surface area contributed by atoms with Crippen LogP contribution in [0, 0.1) is 0 Å². The Hall–Kier alpha value is -2.40. The van der Waals surface area contributed by atoms with Gasteiger partial charge >= 0.3 is 0 Å². The third kappa shape index (κ3) is 3.05. The van der Waals surface area contributed by atoms with Gasteiger partial charge in [0.25, 0.3) is 11.8 Å². The molecule has 1 saturated heterocycles. The Balaban J connectivity index is 1.76. The summed E-state index contributed by atoms with van der Waals surface area (Å²) in [4.78, 5) is 28.0. The van der Waals surface area contributed by atoms with E-state index in [0.717, 1.165) is 10.8 Å². The number of hydrogen-bond acceptors (Lipinski definition) is 3. The van der Waals surface area contributed by atoms with Crippen molar-refractivity contribution in [2.24, 2.45) is 0 Å². The highest BCUT2D eigenvalue weighted by Gasteiger charge is 2.27. The Labute approximate surface area is 135 Å². The normalized spacial score (nSPS) is 16.4. The minimum Gasteiger partial charge on any atom is -0.384 e. The van der Waals surface area contributed by atoms with E-state index in [1.165, 1.54) is 6.92 Å². The maximum Gasteiger partial charge on any atom is 0.254 e. The summed E-state index contributed by atoms with van der Waals surface area (Å²) < 4.78 is 0. The first-order valence-electron chi connectivity index (χ1n) is 7.82. The molecule has 5 heteroatoms. The average Bonchev–Trinajstić information content (AvgIpc) is 2.60. The second-order valence-electron chi connectivity index (χ2n) is 5.82. The lowest BCUT2D eigenvalue weighted by Gasteiger charge is -2.35. The van der Waals surface area contributed by atoms with E-state index in [0.29, 0.717) is 31.7 Å². The third-order valence-corrected chi connectivity index (χ3v) is 4.26. The monoisotopic (exact) mass is 312 g/mol. The quantitative estimate of drug-likeness (QED) is 0.914. The van der Waals surface area contributed by atoms with E-state index in [2.05, 4.69) is 0 Å². The van der Waals surface area contributed by atoms with Gasteiger partial charge in [0, 0.05) is 31.7 Å². The molecule has 0 bridgehead atoms. The summed E-state index contributed by atoms with van der Waals surface area (Å²) in [6, 6.07) is 13.6. The summed E-state index contributed by atoms with van der Waals surface area (Å²) in [7, 11) is 0. The maximum absolute atomic E-state index is 12.8. The predicted molar refractivity (Wildman–Crippen MR) is 88.1 cm³/mol. The summed E-state index contributed by atoms with van der Waals surface area (Å²) in [5.74, 6) is -0.284. The molecule has 23 heavy (non-hydrogen) atoms. The van der Waals surface area contributed by atoms with Crippen LogP contribution in [0.2, 0.25) is 0 Å². The van der Waals surface area contributed by atoms with Gasteiger partial charge in [0.2, 0.25) is 0 Å². The predicted octanol–water partition coefficient (Wildman–Crippen LogP) is 1.50. The van der Waals surface area contributed by atoms with Crippen molar-refractivity contribution in [1.82, 2.24) is 9.80 Å². The minimum absolute atomic E-state index is 0.00838. The minimum atomic E-state index is -0.990. The van der Waals surface area contributed by atoms with E-state index in [9.17, 15) is 14.7 Å². The van der Waals surface area contributed by atoms with Crippen molar-refractivity contribution in [3.8, 4) is 0 Å². The number of fused-ring (bicyclic) bond motifs is 1. The molecule has 3 rings (SSSR count). The Morgan fingerprint density at radius 1 is 0.957 bits per heavy atom. The van der Waals surface area contributed by atoms with Crippen molar-refractivity contribution >= 4 is 22.6 Å². The van der Waals surface area contributed by atoms with Gasteiger partial charge in [-0.1, -0.05) is 36.4 Å². The second-order valence-corrected chi connectivity index (χ2v) is 5.82. The lowest BCUT2D eigenvalue weighted by Crippen LogP contribution is -2.52. The fourth-order valence-electron chi connectivity index (χ4n) is 2.98. The molecule has 1 unspecified atom stereocenters. The average molecular weight is 312 g/mol. The first-order chi connectivity index (χ1) is 11.1. The second kappa shape index (κ2) is 6.38. The summed E-state index contributed by atoms with van der Waals surface area (Å²) in [6.45, 7) is 3.36. The molecule has 1 fully saturated rings. The topological polar surface area (TPSA) is 60.9 Å². The van der Waals surface area contributed by atoms with E-state index in [-0.39, 0.29) is 11.8 Å². The molecule has 2 amide bonds. The summed E-state index contributed by atoms with van der Waals surface area (Å²) in [5.41, 5.74) is 0.693. The first-order valence-corrected chi connectivity index (χ1v) is 7.82. The number of hydrogen-bond donors (Lipinski definition) is 1. The number of aliphatic hydroxyl groups excluding tert-OH is 1. The van der Waals surface area contributed by atoms with Crippen LogP contribution < -0.4 is 0 Å². The molecule has 120 valence electrons. The van der Waals surface area contributed by atoms with Crippen molar-refractivity contribution in [3.05, 3.63) is 48.0 Å². The van der Waals surface area contributed by atoms with Crippen molar-refractivity contribution in [2.45, 2.75) is 13.0 Å². The van der Waals surface area contributed by atoms with E-state index >= 15 is 0 Å². The molecule has 1 aliphatic rings. The number of rotatable bonds is 2. The zero-order valence-electron chi connectivity index (χ0n) is 13.1. The number of piperazine rings is 1. The molecule has 0 saturated carbocycles. The molecule has 1 aliphatic heterocycles. The third-order valence-electron chi connectivity index (χ3n) is 4.26. The van der Waals surface area contributed by atoms with Crippen LogP contribution in [0.1, 0.15) is 17.3 Å². The fraction of sp³-hybridized carbons (Fsp3) is 0.333. The molecular weight excluding hydrogens is 292 g/mol. The van der Waals surface area contributed by atoms with Crippen LogP contribution in [0.5, 0.6) is 0 Å². The SMILES string of the molecule is CC(O)C(=O)N1CCN(C(=O)c2cccc3ccccc23)CC1. The van der Waals surface area contributed by atoms with Gasteiger partial charge in [-0.05, 0) is 23.8 Å². The van der Waals surface area contributed by atoms with Crippen LogP contribution >= 0.6 is 0 Å². The number of benzene rings is 2. The number of nitrogens with zero attached hydrogens (tertiary/aromatic N) is 2. The van der Waals surface area contributed by atoms with Crippen molar-refractivity contribution < 1.29 is 14.7 Å². The Kier molecular flexibility index (Phi) is 4.30.